The molecule has 4 N–H and O–H groups in total. The number of benzene rings is 1. The number of carboxylic acid groups (broad SMARTS) is 1. The van der Waals surface area contributed by atoms with Crippen LogP contribution in [0, 0.1) is 5.82 Å². The van der Waals surface area contributed by atoms with E-state index in [2.05, 4.69) is 5.32 Å². The van der Waals surface area contributed by atoms with E-state index in [-0.39, 0.29) is 17.7 Å². The van der Waals surface area contributed by atoms with E-state index in [1.807, 2.05) is 0 Å². The molecule has 5 nitrogen and oxygen atoms in total. The number of nitrogens with one attached hydrogen (secondary N) is 1. The molecular weight excluding hydrogens is 241 g/mol. The molecular formula is C12H16FNO4. The standard InChI is InChI=1S/C12H16FNO4/c1-14-6-10(15)12(18)8-3-2-7(5-11(16)17)9(13)4-8/h2-4,10,12,14-15,18H,5-6H2,1H3,(H,16,17). The van der Waals surface area contributed by atoms with Crippen molar-refractivity contribution in [2.45, 2.75) is 18.6 Å². The third-order valence-corrected chi connectivity index (χ3v) is 2.54. The van der Waals surface area contributed by atoms with Gasteiger partial charge in [-0.3, -0.25) is 4.79 Å². The third kappa shape index (κ3) is 3.76. The summed E-state index contributed by atoms with van der Waals surface area (Å²) in [5.41, 5.74) is 0.256. The first-order chi connectivity index (χ1) is 8.45. The van der Waals surface area contributed by atoms with Gasteiger partial charge >= 0.3 is 5.97 Å². The van der Waals surface area contributed by atoms with Gasteiger partial charge in [0.25, 0.3) is 0 Å². The van der Waals surface area contributed by atoms with E-state index in [0.717, 1.165) is 6.07 Å². The van der Waals surface area contributed by atoms with E-state index < -0.39 is 30.4 Å². The van der Waals surface area contributed by atoms with Crippen LogP contribution in [0.4, 0.5) is 4.39 Å². The van der Waals surface area contributed by atoms with Crippen LogP contribution >= 0.6 is 0 Å². The van der Waals surface area contributed by atoms with Crippen molar-refractivity contribution in [1.29, 1.82) is 0 Å². The van der Waals surface area contributed by atoms with Crippen molar-refractivity contribution >= 4 is 5.97 Å². The number of hydrogen-bond donors (Lipinski definition) is 4. The zero-order chi connectivity index (χ0) is 13.7. The average molecular weight is 257 g/mol. The molecule has 0 aliphatic heterocycles. The summed E-state index contributed by atoms with van der Waals surface area (Å²) < 4.78 is 13.5. The van der Waals surface area contributed by atoms with Crippen LogP contribution in [0.25, 0.3) is 0 Å². The number of likely N-dealkylation sites (N-methyl/N-ethyl adjacent to an activating group) is 1. The highest BCUT2D eigenvalue weighted by Gasteiger charge is 2.19. The number of hydrogen-bond acceptors (Lipinski definition) is 4. The Hall–Kier alpha value is -1.50. The van der Waals surface area contributed by atoms with E-state index >= 15 is 0 Å². The molecule has 0 saturated heterocycles. The van der Waals surface area contributed by atoms with Gasteiger partial charge in [0, 0.05) is 6.54 Å². The minimum Gasteiger partial charge on any atom is -0.481 e. The molecule has 0 aliphatic rings. The maximum Gasteiger partial charge on any atom is 0.307 e. The monoisotopic (exact) mass is 257 g/mol. The van der Waals surface area contributed by atoms with Crippen LogP contribution in [-0.4, -0.2) is 41.0 Å². The average Bonchev–Trinajstić information content (AvgIpc) is 2.30. The molecule has 2 atom stereocenters. The van der Waals surface area contributed by atoms with Crippen molar-refractivity contribution < 1.29 is 24.5 Å². The molecule has 1 aromatic carbocycles. The largest absolute Gasteiger partial charge is 0.481 e. The summed E-state index contributed by atoms with van der Waals surface area (Å²) >= 11 is 0. The maximum atomic E-state index is 13.5. The molecule has 6 heteroatoms. The summed E-state index contributed by atoms with van der Waals surface area (Å²) in [4.78, 5) is 10.5. The summed E-state index contributed by atoms with van der Waals surface area (Å²) in [7, 11) is 1.62. The van der Waals surface area contributed by atoms with Gasteiger partial charge in [0.1, 0.15) is 11.9 Å². The summed E-state index contributed by atoms with van der Waals surface area (Å²) in [5, 5.41) is 30.5. The second-order valence-electron chi connectivity index (χ2n) is 3.99. The number of halogens is 1. The number of aliphatic carboxylic acids is 1. The van der Waals surface area contributed by atoms with Crippen molar-refractivity contribution in [2.75, 3.05) is 13.6 Å². The summed E-state index contributed by atoms with van der Waals surface area (Å²) in [5.74, 6) is -1.83. The molecule has 18 heavy (non-hydrogen) atoms. The third-order valence-electron chi connectivity index (χ3n) is 2.54. The smallest absolute Gasteiger partial charge is 0.307 e. The van der Waals surface area contributed by atoms with Crippen LogP contribution in [-0.2, 0) is 11.2 Å². The van der Waals surface area contributed by atoms with Crippen molar-refractivity contribution in [3.8, 4) is 0 Å². The highest BCUT2D eigenvalue weighted by atomic mass is 19.1. The van der Waals surface area contributed by atoms with E-state index in [4.69, 9.17) is 5.11 Å². The fraction of sp³-hybridized carbons (Fsp3) is 0.417. The molecule has 0 aromatic heterocycles. The molecule has 0 bridgehead atoms. The van der Waals surface area contributed by atoms with E-state index in [0.29, 0.717) is 0 Å². The Morgan fingerprint density at radius 1 is 1.44 bits per heavy atom. The Labute approximate surface area is 104 Å². The molecule has 1 aromatic rings. The molecule has 0 spiro atoms. The van der Waals surface area contributed by atoms with E-state index in [9.17, 15) is 19.4 Å². The van der Waals surface area contributed by atoms with Gasteiger partial charge in [0.2, 0.25) is 0 Å². The normalized spacial score (nSPS) is 14.2. The van der Waals surface area contributed by atoms with Gasteiger partial charge in [-0.1, -0.05) is 12.1 Å². The number of aliphatic hydroxyl groups is 2. The second-order valence-corrected chi connectivity index (χ2v) is 3.99. The molecule has 0 aliphatic carbocycles. The Bertz CT molecular complexity index is 425. The first-order valence-corrected chi connectivity index (χ1v) is 5.46. The van der Waals surface area contributed by atoms with Gasteiger partial charge < -0.3 is 20.6 Å². The Kier molecular flexibility index (Phi) is 5.21. The molecule has 0 saturated carbocycles. The van der Waals surface area contributed by atoms with Gasteiger partial charge in [-0.2, -0.15) is 0 Å². The number of carbonyl (C=O) groups is 1. The second kappa shape index (κ2) is 6.44. The summed E-state index contributed by atoms with van der Waals surface area (Å²) in [6, 6.07) is 3.75. The van der Waals surface area contributed by atoms with Crippen molar-refractivity contribution in [2.24, 2.45) is 0 Å². The van der Waals surface area contributed by atoms with Crippen LogP contribution in [0.2, 0.25) is 0 Å². The number of rotatable bonds is 6. The van der Waals surface area contributed by atoms with Gasteiger partial charge in [0.05, 0.1) is 12.5 Å². The van der Waals surface area contributed by atoms with Crippen molar-refractivity contribution in [1.82, 2.24) is 5.32 Å². The number of carboxylic acids is 1. The molecule has 0 heterocycles. The Morgan fingerprint density at radius 2 is 2.11 bits per heavy atom. The first kappa shape index (κ1) is 14.6. The highest BCUT2D eigenvalue weighted by Crippen LogP contribution is 2.20. The lowest BCUT2D eigenvalue weighted by Gasteiger charge is -2.18. The van der Waals surface area contributed by atoms with Crippen LogP contribution < -0.4 is 5.32 Å². The van der Waals surface area contributed by atoms with Crippen LogP contribution in [0.3, 0.4) is 0 Å². The molecule has 2 unspecified atom stereocenters. The molecule has 0 radical (unpaired) electrons. The van der Waals surface area contributed by atoms with Crippen LogP contribution in [0.15, 0.2) is 18.2 Å². The quantitative estimate of drug-likeness (QED) is 0.579. The van der Waals surface area contributed by atoms with Gasteiger partial charge in [0.15, 0.2) is 0 Å². The van der Waals surface area contributed by atoms with Gasteiger partial charge in [-0.15, -0.1) is 0 Å². The predicted molar refractivity (Wildman–Crippen MR) is 62.6 cm³/mol. The van der Waals surface area contributed by atoms with E-state index in [1.165, 1.54) is 12.1 Å². The Morgan fingerprint density at radius 3 is 2.61 bits per heavy atom. The molecule has 1 rings (SSSR count). The van der Waals surface area contributed by atoms with Crippen molar-refractivity contribution in [3.63, 3.8) is 0 Å². The molecule has 100 valence electrons. The van der Waals surface area contributed by atoms with Crippen LogP contribution in [0.5, 0.6) is 0 Å². The van der Waals surface area contributed by atoms with Crippen molar-refractivity contribution in [3.05, 3.63) is 35.1 Å². The van der Waals surface area contributed by atoms with Gasteiger partial charge in [-0.05, 0) is 24.2 Å². The highest BCUT2D eigenvalue weighted by molar-refractivity contribution is 5.70. The number of aliphatic hydroxyl groups excluding tert-OH is 2. The first-order valence-electron chi connectivity index (χ1n) is 5.46. The lowest BCUT2D eigenvalue weighted by Crippen LogP contribution is -2.29. The topological polar surface area (TPSA) is 89.8 Å². The summed E-state index contributed by atoms with van der Waals surface area (Å²) in [6.07, 6.45) is -2.69. The lowest BCUT2D eigenvalue weighted by molar-refractivity contribution is -0.136. The van der Waals surface area contributed by atoms with Crippen LogP contribution in [0.1, 0.15) is 17.2 Å². The molecule has 0 amide bonds. The minimum absolute atomic E-state index is 0.0431. The maximum absolute atomic E-state index is 13.5. The SMILES string of the molecule is CNCC(O)C(O)c1ccc(CC(=O)O)c(F)c1. The van der Waals surface area contributed by atoms with E-state index in [1.54, 1.807) is 7.05 Å². The summed E-state index contributed by atoms with van der Waals surface area (Å²) in [6.45, 7) is 0.166. The van der Waals surface area contributed by atoms with Gasteiger partial charge in [-0.25, -0.2) is 4.39 Å². The Balaban J connectivity index is 2.86. The predicted octanol–water partition coefficient (Wildman–Crippen LogP) is 0.0665. The lowest BCUT2D eigenvalue weighted by atomic mass is 10.0. The zero-order valence-corrected chi connectivity index (χ0v) is 9.93. The minimum atomic E-state index is -1.22. The fourth-order valence-corrected chi connectivity index (χ4v) is 1.60. The molecule has 0 fully saturated rings. The zero-order valence-electron chi connectivity index (χ0n) is 9.93. The fourth-order valence-electron chi connectivity index (χ4n) is 1.60.